The topological polar surface area (TPSA) is 60.6 Å². The van der Waals surface area contributed by atoms with Crippen LogP contribution in [0.4, 0.5) is 0 Å². The number of thiophene rings is 1. The summed E-state index contributed by atoms with van der Waals surface area (Å²) in [5, 5.41) is 6.10. The highest BCUT2D eigenvalue weighted by Crippen LogP contribution is 2.32. The van der Waals surface area contributed by atoms with Crippen molar-refractivity contribution in [1.29, 1.82) is 0 Å². The predicted octanol–water partition coefficient (Wildman–Crippen LogP) is 3.41. The number of hydrogen-bond donors (Lipinski definition) is 0. The Morgan fingerprint density at radius 3 is 2.76 bits per heavy atom. The number of benzene rings is 1. The Morgan fingerprint density at radius 2 is 2.04 bits per heavy atom. The first-order chi connectivity index (χ1) is 12.3. The summed E-state index contributed by atoms with van der Waals surface area (Å²) in [7, 11) is 3.30. The maximum atomic E-state index is 5.44. The molecule has 1 fully saturated rings. The normalized spacial score (nSPS) is 15.1. The van der Waals surface area contributed by atoms with Crippen LogP contribution in [-0.4, -0.2) is 42.3 Å². The van der Waals surface area contributed by atoms with Gasteiger partial charge in [0.1, 0.15) is 0 Å². The monoisotopic (exact) mass is 357 g/mol. The van der Waals surface area contributed by atoms with Gasteiger partial charge in [-0.25, -0.2) is 0 Å². The summed E-state index contributed by atoms with van der Waals surface area (Å²) in [6.45, 7) is 2.70. The molecule has 1 saturated heterocycles. The molecule has 130 valence electrons. The van der Waals surface area contributed by atoms with Gasteiger partial charge >= 0.3 is 0 Å². The summed E-state index contributed by atoms with van der Waals surface area (Å²) >= 11 is 1.62. The zero-order valence-electron chi connectivity index (χ0n) is 14.1. The minimum Gasteiger partial charge on any atom is -0.493 e. The molecule has 0 bridgehead atoms. The van der Waals surface area contributed by atoms with Gasteiger partial charge in [0.25, 0.3) is 0 Å². The largest absolute Gasteiger partial charge is 0.493 e. The van der Waals surface area contributed by atoms with Crippen LogP contribution >= 0.6 is 11.3 Å². The fourth-order valence-electron chi connectivity index (χ4n) is 3.00. The lowest BCUT2D eigenvalue weighted by Gasteiger charge is -2.37. The second-order valence-electron chi connectivity index (χ2n) is 6.01. The van der Waals surface area contributed by atoms with Gasteiger partial charge in [-0.2, -0.15) is 4.98 Å². The molecule has 3 aromatic rings. The molecular weight excluding hydrogens is 338 g/mol. The molecule has 0 N–H and O–H groups in total. The number of rotatable bonds is 6. The Hall–Kier alpha value is -2.38. The van der Waals surface area contributed by atoms with Crippen molar-refractivity contribution in [3.63, 3.8) is 0 Å². The van der Waals surface area contributed by atoms with Gasteiger partial charge in [-0.3, -0.25) is 4.90 Å². The van der Waals surface area contributed by atoms with Crippen molar-refractivity contribution in [2.75, 3.05) is 27.3 Å². The van der Waals surface area contributed by atoms with E-state index in [9.17, 15) is 0 Å². The average molecular weight is 357 g/mol. The average Bonchev–Trinajstić information content (AvgIpc) is 3.28. The smallest absolute Gasteiger partial charge is 0.232 e. The van der Waals surface area contributed by atoms with E-state index in [0.29, 0.717) is 11.7 Å². The van der Waals surface area contributed by atoms with Gasteiger partial charge in [0.15, 0.2) is 11.5 Å². The molecule has 0 atom stereocenters. The van der Waals surface area contributed by atoms with Crippen LogP contribution in [0.1, 0.15) is 17.4 Å². The number of methoxy groups -OCH3 is 2. The fraction of sp³-hybridized carbons (Fsp3) is 0.333. The summed E-state index contributed by atoms with van der Waals surface area (Å²) in [5.41, 5.74) is 1.20. The van der Waals surface area contributed by atoms with Crippen LogP contribution in [0.25, 0.3) is 10.7 Å². The molecule has 0 aliphatic carbocycles. The lowest BCUT2D eigenvalue weighted by Crippen LogP contribution is -2.44. The summed E-state index contributed by atoms with van der Waals surface area (Å²) in [5.74, 6) is 3.23. The van der Waals surface area contributed by atoms with E-state index < -0.39 is 0 Å². The summed E-state index contributed by atoms with van der Waals surface area (Å²) in [6, 6.07) is 10.0. The Kier molecular flexibility index (Phi) is 4.42. The van der Waals surface area contributed by atoms with E-state index in [4.69, 9.17) is 14.0 Å². The highest BCUT2D eigenvalue weighted by Gasteiger charge is 2.32. The standard InChI is InChI=1S/C18H19N3O3S/c1-22-14-6-5-12(8-15(14)23-2)9-21-10-13(11-21)18-19-17(20-24-18)16-4-3-7-25-16/h3-8,13H,9-11H2,1-2H3. The van der Waals surface area contributed by atoms with Gasteiger partial charge in [-0.05, 0) is 29.1 Å². The molecule has 0 unspecified atom stereocenters. The summed E-state index contributed by atoms with van der Waals surface area (Å²) in [6.07, 6.45) is 0. The Balaban J connectivity index is 1.36. The minimum absolute atomic E-state index is 0.307. The van der Waals surface area contributed by atoms with Crippen molar-refractivity contribution in [1.82, 2.24) is 15.0 Å². The third-order valence-electron chi connectivity index (χ3n) is 4.34. The van der Waals surface area contributed by atoms with E-state index in [1.165, 1.54) is 5.56 Å². The second kappa shape index (κ2) is 6.85. The second-order valence-corrected chi connectivity index (χ2v) is 6.96. The van der Waals surface area contributed by atoms with E-state index in [1.54, 1.807) is 25.6 Å². The van der Waals surface area contributed by atoms with Gasteiger partial charge < -0.3 is 14.0 Å². The molecule has 1 aliphatic heterocycles. The lowest BCUT2D eigenvalue weighted by molar-refractivity contribution is 0.117. The number of likely N-dealkylation sites (tertiary alicyclic amines) is 1. The molecule has 6 nitrogen and oxygen atoms in total. The van der Waals surface area contributed by atoms with Crippen molar-refractivity contribution in [3.05, 3.63) is 47.2 Å². The third kappa shape index (κ3) is 3.25. The molecule has 4 rings (SSSR count). The molecule has 0 saturated carbocycles. The van der Waals surface area contributed by atoms with Gasteiger partial charge in [0.2, 0.25) is 11.7 Å². The molecule has 0 radical (unpaired) electrons. The summed E-state index contributed by atoms with van der Waals surface area (Å²) < 4.78 is 16.1. The molecule has 3 heterocycles. The zero-order valence-corrected chi connectivity index (χ0v) is 15.0. The van der Waals surface area contributed by atoms with Crippen LogP contribution < -0.4 is 9.47 Å². The van der Waals surface area contributed by atoms with Crippen LogP contribution in [0.2, 0.25) is 0 Å². The first kappa shape index (κ1) is 16.1. The Bertz CT molecular complexity index is 841. The van der Waals surface area contributed by atoms with E-state index in [1.807, 2.05) is 29.6 Å². The number of ether oxygens (including phenoxy) is 2. The van der Waals surface area contributed by atoms with Crippen molar-refractivity contribution in [2.24, 2.45) is 0 Å². The predicted molar refractivity (Wildman–Crippen MR) is 95.2 cm³/mol. The van der Waals surface area contributed by atoms with Crippen molar-refractivity contribution >= 4 is 11.3 Å². The van der Waals surface area contributed by atoms with E-state index in [-0.39, 0.29) is 0 Å². The lowest BCUT2D eigenvalue weighted by atomic mass is 9.99. The molecule has 1 aromatic carbocycles. The SMILES string of the molecule is COc1ccc(CN2CC(c3nc(-c4cccs4)no3)C2)cc1OC. The van der Waals surface area contributed by atoms with E-state index in [2.05, 4.69) is 21.1 Å². The van der Waals surface area contributed by atoms with Crippen LogP contribution in [0.15, 0.2) is 40.2 Å². The molecule has 0 amide bonds. The van der Waals surface area contributed by atoms with Crippen LogP contribution in [0, 0.1) is 0 Å². The van der Waals surface area contributed by atoms with Crippen molar-refractivity contribution in [3.8, 4) is 22.2 Å². The first-order valence-corrected chi connectivity index (χ1v) is 8.95. The number of nitrogens with zero attached hydrogens (tertiary/aromatic N) is 3. The molecule has 1 aliphatic rings. The summed E-state index contributed by atoms with van der Waals surface area (Å²) in [4.78, 5) is 7.92. The fourth-order valence-corrected chi connectivity index (χ4v) is 3.65. The van der Waals surface area contributed by atoms with Gasteiger partial charge in [-0.1, -0.05) is 17.3 Å². The first-order valence-electron chi connectivity index (χ1n) is 8.07. The zero-order chi connectivity index (χ0) is 17.2. The highest BCUT2D eigenvalue weighted by atomic mass is 32.1. The van der Waals surface area contributed by atoms with Crippen LogP contribution in [-0.2, 0) is 6.54 Å². The Morgan fingerprint density at radius 1 is 1.20 bits per heavy atom. The molecule has 2 aromatic heterocycles. The van der Waals surface area contributed by atoms with Crippen molar-refractivity contribution in [2.45, 2.75) is 12.5 Å². The van der Waals surface area contributed by atoms with Crippen LogP contribution in [0.5, 0.6) is 11.5 Å². The number of hydrogen-bond acceptors (Lipinski definition) is 7. The maximum absolute atomic E-state index is 5.44. The van der Waals surface area contributed by atoms with Gasteiger partial charge in [-0.15, -0.1) is 11.3 Å². The minimum atomic E-state index is 0.307. The van der Waals surface area contributed by atoms with Gasteiger partial charge in [0, 0.05) is 19.6 Å². The van der Waals surface area contributed by atoms with Gasteiger partial charge in [0.05, 0.1) is 25.0 Å². The Labute approximate surface area is 150 Å². The number of aromatic nitrogens is 2. The maximum Gasteiger partial charge on any atom is 0.232 e. The molecular formula is C18H19N3O3S. The highest BCUT2D eigenvalue weighted by molar-refractivity contribution is 7.13. The molecule has 0 spiro atoms. The van der Waals surface area contributed by atoms with Crippen molar-refractivity contribution < 1.29 is 14.0 Å². The van der Waals surface area contributed by atoms with E-state index >= 15 is 0 Å². The quantitative estimate of drug-likeness (QED) is 0.674. The van der Waals surface area contributed by atoms with E-state index in [0.717, 1.165) is 41.9 Å². The third-order valence-corrected chi connectivity index (χ3v) is 5.21. The molecule has 7 heteroatoms. The van der Waals surface area contributed by atoms with Crippen LogP contribution in [0.3, 0.4) is 0 Å². The molecule has 25 heavy (non-hydrogen) atoms.